The second-order valence-corrected chi connectivity index (χ2v) is 4.80. The molecule has 0 saturated carbocycles. The van der Waals surface area contributed by atoms with Gasteiger partial charge in [0, 0.05) is 13.1 Å². The second-order valence-electron chi connectivity index (χ2n) is 4.39. The minimum absolute atomic E-state index is 0.114. The lowest BCUT2D eigenvalue weighted by atomic mass is 10.1. The second kappa shape index (κ2) is 5.14. The summed E-state index contributed by atoms with van der Waals surface area (Å²) < 4.78 is 5.64. The first kappa shape index (κ1) is 13.1. The van der Waals surface area contributed by atoms with E-state index < -0.39 is 12.1 Å². The minimum Gasteiger partial charge on any atom is -0.486 e. The Balaban J connectivity index is 2.07. The number of aliphatic hydroxyl groups is 1. The van der Waals surface area contributed by atoms with Crippen LogP contribution < -0.4 is 4.74 Å². The molecule has 1 atom stereocenters. The van der Waals surface area contributed by atoms with E-state index in [1.54, 1.807) is 6.07 Å². The van der Waals surface area contributed by atoms with Crippen LogP contribution in [0.4, 0.5) is 0 Å². The number of ether oxygens (including phenoxy) is 1. The summed E-state index contributed by atoms with van der Waals surface area (Å²) in [5.74, 6) is -0.795. The lowest BCUT2D eigenvalue weighted by Crippen LogP contribution is -2.51. The summed E-state index contributed by atoms with van der Waals surface area (Å²) in [6.45, 7) is 1.69. The van der Waals surface area contributed by atoms with E-state index in [1.807, 2.05) is 7.05 Å². The normalized spacial score (nSPS) is 18.2. The quantitative estimate of drug-likeness (QED) is 0.860. The van der Waals surface area contributed by atoms with Crippen LogP contribution in [0.3, 0.4) is 0 Å². The summed E-state index contributed by atoms with van der Waals surface area (Å²) >= 11 is 6.00. The van der Waals surface area contributed by atoms with Crippen molar-refractivity contribution in [2.75, 3.05) is 20.1 Å². The highest BCUT2D eigenvalue weighted by atomic mass is 35.5. The smallest absolute Gasteiger partial charge is 0.337 e. The zero-order chi connectivity index (χ0) is 13.3. The van der Waals surface area contributed by atoms with Gasteiger partial charge in [-0.1, -0.05) is 17.7 Å². The zero-order valence-corrected chi connectivity index (χ0v) is 10.6. The third-order valence-corrected chi connectivity index (χ3v) is 3.13. The van der Waals surface area contributed by atoms with Gasteiger partial charge in [-0.15, -0.1) is 0 Å². The molecule has 2 rings (SSSR count). The maximum Gasteiger partial charge on any atom is 0.337 e. The molecule has 1 aliphatic rings. The Kier molecular flexibility index (Phi) is 3.75. The average Bonchev–Trinajstić information content (AvgIpc) is 2.28. The van der Waals surface area contributed by atoms with Crippen LogP contribution in [-0.2, 0) is 4.79 Å². The summed E-state index contributed by atoms with van der Waals surface area (Å²) in [6.07, 6.45) is -1.45. The number of aliphatic carboxylic acids is 1. The number of hydrogen-bond donors (Lipinski definition) is 2. The van der Waals surface area contributed by atoms with Crippen molar-refractivity contribution in [1.82, 2.24) is 4.90 Å². The van der Waals surface area contributed by atoms with Crippen LogP contribution in [0, 0.1) is 0 Å². The van der Waals surface area contributed by atoms with Crippen LogP contribution in [-0.4, -0.2) is 47.3 Å². The van der Waals surface area contributed by atoms with Crippen LogP contribution >= 0.6 is 11.6 Å². The highest BCUT2D eigenvalue weighted by molar-refractivity contribution is 6.32. The molecule has 0 aromatic heterocycles. The largest absolute Gasteiger partial charge is 0.486 e. The van der Waals surface area contributed by atoms with E-state index in [-0.39, 0.29) is 11.7 Å². The van der Waals surface area contributed by atoms with Crippen LogP contribution in [0.5, 0.6) is 5.75 Å². The van der Waals surface area contributed by atoms with Gasteiger partial charge in [-0.3, -0.25) is 4.90 Å². The number of halogens is 1. The van der Waals surface area contributed by atoms with Crippen molar-refractivity contribution in [3.8, 4) is 5.75 Å². The van der Waals surface area contributed by atoms with Crippen LogP contribution in [0.25, 0.3) is 0 Å². The van der Waals surface area contributed by atoms with Crippen LogP contribution in [0.2, 0.25) is 5.02 Å². The van der Waals surface area contributed by atoms with E-state index in [1.165, 1.54) is 12.1 Å². The van der Waals surface area contributed by atoms with Gasteiger partial charge in [0.15, 0.2) is 6.10 Å². The molecule has 0 aliphatic carbocycles. The Morgan fingerprint density at radius 1 is 1.56 bits per heavy atom. The molecule has 0 amide bonds. The SMILES string of the molecule is CN1CC(Oc2ccc(C(O)C(=O)O)cc2Cl)C1. The van der Waals surface area contributed by atoms with Crippen molar-refractivity contribution in [3.05, 3.63) is 28.8 Å². The standard InChI is InChI=1S/C12H14ClNO4/c1-14-5-8(6-14)18-10-3-2-7(4-9(10)13)11(15)12(16)17/h2-4,8,11,15H,5-6H2,1H3,(H,16,17). The molecule has 0 spiro atoms. The summed E-state index contributed by atoms with van der Waals surface area (Å²) in [5.41, 5.74) is 0.241. The van der Waals surface area contributed by atoms with E-state index in [4.69, 9.17) is 21.4 Å². The number of carboxylic acid groups (broad SMARTS) is 1. The van der Waals surface area contributed by atoms with E-state index in [9.17, 15) is 9.90 Å². The van der Waals surface area contributed by atoms with Crippen molar-refractivity contribution >= 4 is 17.6 Å². The third kappa shape index (κ3) is 2.75. The monoisotopic (exact) mass is 271 g/mol. The molecular weight excluding hydrogens is 258 g/mol. The molecule has 0 radical (unpaired) electrons. The van der Waals surface area contributed by atoms with Crippen molar-refractivity contribution in [3.63, 3.8) is 0 Å². The highest BCUT2D eigenvalue weighted by Gasteiger charge is 2.26. The number of nitrogens with zero attached hydrogens (tertiary/aromatic N) is 1. The van der Waals surface area contributed by atoms with Crippen LogP contribution in [0.15, 0.2) is 18.2 Å². The number of benzene rings is 1. The number of likely N-dealkylation sites (tertiary alicyclic amines) is 1. The molecule has 1 unspecified atom stereocenters. The fraction of sp³-hybridized carbons (Fsp3) is 0.417. The Labute approximate surface area is 110 Å². The van der Waals surface area contributed by atoms with Gasteiger partial charge in [0.2, 0.25) is 0 Å². The molecular formula is C12H14ClNO4. The maximum absolute atomic E-state index is 10.6. The molecule has 0 bridgehead atoms. The number of carbonyl (C=O) groups is 1. The van der Waals surface area contributed by atoms with Gasteiger partial charge in [-0.25, -0.2) is 4.79 Å². The van der Waals surface area contributed by atoms with Gasteiger partial charge < -0.3 is 14.9 Å². The van der Waals surface area contributed by atoms with Gasteiger partial charge in [-0.2, -0.15) is 0 Å². The Bertz CT molecular complexity index is 459. The summed E-state index contributed by atoms with van der Waals surface area (Å²) in [5, 5.41) is 18.4. The maximum atomic E-state index is 10.6. The molecule has 1 heterocycles. The Morgan fingerprint density at radius 2 is 2.22 bits per heavy atom. The molecule has 5 nitrogen and oxygen atoms in total. The number of likely N-dealkylation sites (N-methyl/N-ethyl adjacent to an activating group) is 1. The highest BCUT2D eigenvalue weighted by Crippen LogP contribution is 2.29. The molecule has 18 heavy (non-hydrogen) atoms. The lowest BCUT2D eigenvalue weighted by molar-refractivity contribution is -0.146. The molecule has 1 aliphatic heterocycles. The van der Waals surface area contributed by atoms with E-state index in [2.05, 4.69) is 4.90 Å². The number of rotatable bonds is 4. The zero-order valence-electron chi connectivity index (χ0n) is 9.84. The molecule has 1 aromatic rings. The number of hydrogen-bond acceptors (Lipinski definition) is 4. The Morgan fingerprint density at radius 3 is 2.72 bits per heavy atom. The van der Waals surface area contributed by atoms with Crippen molar-refractivity contribution in [1.29, 1.82) is 0 Å². The first-order valence-corrected chi connectivity index (χ1v) is 5.90. The van der Waals surface area contributed by atoms with Crippen LogP contribution in [0.1, 0.15) is 11.7 Å². The number of aliphatic hydroxyl groups excluding tert-OH is 1. The molecule has 1 saturated heterocycles. The molecule has 6 heteroatoms. The number of carboxylic acids is 1. The van der Waals surface area contributed by atoms with E-state index in [0.717, 1.165) is 13.1 Å². The van der Waals surface area contributed by atoms with E-state index in [0.29, 0.717) is 10.8 Å². The third-order valence-electron chi connectivity index (χ3n) is 2.83. The fourth-order valence-corrected chi connectivity index (χ4v) is 2.05. The van der Waals surface area contributed by atoms with Gasteiger partial charge in [0.25, 0.3) is 0 Å². The average molecular weight is 272 g/mol. The Hall–Kier alpha value is -1.30. The van der Waals surface area contributed by atoms with Crippen molar-refractivity contribution < 1.29 is 19.7 Å². The predicted molar refractivity (Wildman–Crippen MR) is 66.0 cm³/mol. The summed E-state index contributed by atoms with van der Waals surface area (Å²) in [7, 11) is 1.99. The van der Waals surface area contributed by atoms with E-state index >= 15 is 0 Å². The van der Waals surface area contributed by atoms with Gasteiger partial charge >= 0.3 is 5.97 Å². The first-order valence-electron chi connectivity index (χ1n) is 5.53. The molecule has 2 N–H and O–H groups in total. The minimum atomic E-state index is -1.56. The predicted octanol–water partition coefficient (Wildman–Crippen LogP) is 1.15. The first-order chi connectivity index (χ1) is 8.47. The van der Waals surface area contributed by atoms with Crippen molar-refractivity contribution in [2.45, 2.75) is 12.2 Å². The molecule has 1 aromatic carbocycles. The lowest BCUT2D eigenvalue weighted by Gasteiger charge is -2.36. The van der Waals surface area contributed by atoms with Gasteiger partial charge in [-0.05, 0) is 24.7 Å². The van der Waals surface area contributed by atoms with Gasteiger partial charge in [0.1, 0.15) is 11.9 Å². The fourth-order valence-electron chi connectivity index (χ4n) is 1.82. The summed E-state index contributed by atoms with van der Waals surface area (Å²) in [6, 6.07) is 4.50. The van der Waals surface area contributed by atoms with Crippen molar-refractivity contribution in [2.24, 2.45) is 0 Å². The van der Waals surface area contributed by atoms with Gasteiger partial charge in [0.05, 0.1) is 5.02 Å². The molecule has 98 valence electrons. The topological polar surface area (TPSA) is 70.0 Å². The summed E-state index contributed by atoms with van der Waals surface area (Å²) in [4.78, 5) is 12.7. The molecule has 1 fully saturated rings.